The number of hydrogen-bond acceptors (Lipinski definition) is 8. The molecule has 0 amide bonds. The molecule has 6 atom stereocenters. The number of phenols is 3. The summed E-state index contributed by atoms with van der Waals surface area (Å²) in [4.78, 5) is 47.1. The zero-order valence-corrected chi connectivity index (χ0v) is 23.6. The third kappa shape index (κ3) is 4.49. The van der Waals surface area contributed by atoms with E-state index in [0.29, 0.717) is 30.6 Å². The highest BCUT2D eigenvalue weighted by Crippen LogP contribution is 2.67. The van der Waals surface area contributed by atoms with Gasteiger partial charge in [-0.15, -0.1) is 0 Å². The minimum atomic E-state index is -1.29. The van der Waals surface area contributed by atoms with Gasteiger partial charge in [-0.2, -0.15) is 0 Å². The number of esters is 1. The number of phenolic OH excluding ortho intramolecular Hbond substituents is 3. The molecule has 1 aromatic carbocycles. The number of hydrogen-bond donors (Lipinski definition) is 4. The van der Waals surface area contributed by atoms with Gasteiger partial charge in [0.05, 0.1) is 5.56 Å². The van der Waals surface area contributed by atoms with E-state index in [-0.39, 0.29) is 33.9 Å². The lowest BCUT2D eigenvalue weighted by Crippen LogP contribution is -2.58. The lowest BCUT2D eigenvalue weighted by molar-refractivity contribution is -0.185. The maximum atomic E-state index is 12.8. The number of aromatic hydroxyl groups is 3. The highest BCUT2D eigenvalue weighted by atomic mass is 16.6. The predicted molar refractivity (Wildman–Crippen MR) is 145 cm³/mol. The quantitative estimate of drug-likeness (QED) is 0.295. The largest absolute Gasteiger partial charge is 0.504 e. The van der Waals surface area contributed by atoms with E-state index < -0.39 is 28.8 Å². The third-order valence-electron chi connectivity index (χ3n) is 10.2. The zero-order chi connectivity index (χ0) is 29.8. The molecule has 4 aliphatic carbocycles. The lowest BCUT2D eigenvalue weighted by atomic mass is 9.47. The molecule has 4 N–H and O–H groups in total. The average molecular weight is 555 g/mol. The first kappa shape index (κ1) is 29.4. The second-order valence-corrected chi connectivity index (χ2v) is 12.2. The molecular formula is C31H38O9. The molecule has 0 heterocycles. The monoisotopic (exact) mass is 554 g/mol. The van der Waals surface area contributed by atoms with Crippen LogP contribution in [0.1, 0.15) is 83.5 Å². The van der Waals surface area contributed by atoms with E-state index in [9.17, 15) is 19.2 Å². The van der Waals surface area contributed by atoms with Crippen LogP contribution in [0.15, 0.2) is 35.4 Å². The number of carbonyl (C=O) groups is 4. The van der Waals surface area contributed by atoms with Crippen molar-refractivity contribution in [3.63, 3.8) is 0 Å². The lowest BCUT2D eigenvalue weighted by Gasteiger charge is -2.58. The Labute approximate surface area is 233 Å². The van der Waals surface area contributed by atoms with Crippen molar-refractivity contribution in [2.45, 2.75) is 78.7 Å². The summed E-state index contributed by atoms with van der Waals surface area (Å²) in [5.74, 6) is -2.30. The third-order valence-corrected chi connectivity index (χ3v) is 10.2. The number of allylic oxidation sites excluding steroid dienone is 4. The molecule has 5 rings (SSSR count). The van der Waals surface area contributed by atoms with Crippen molar-refractivity contribution in [2.24, 2.45) is 28.6 Å². The summed E-state index contributed by atoms with van der Waals surface area (Å²) in [6.45, 7) is 9.63. The number of carboxylic acids is 1. The first-order valence-corrected chi connectivity index (χ1v) is 13.7. The SMILES string of the molecule is CC(=O)OC1(C(C)=O)CCC2C3C=C(C)C4=CC(=O)CCC4(C)C3CCC21C.O=C(O)c1cc(O)c(O)c(O)c1. The Bertz CT molecular complexity index is 1320. The van der Waals surface area contributed by atoms with Crippen molar-refractivity contribution < 1.29 is 44.3 Å². The Kier molecular flexibility index (Phi) is 7.41. The Morgan fingerprint density at radius 1 is 0.950 bits per heavy atom. The van der Waals surface area contributed by atoms with Crippen molar-refractivity contribution >= 4 is 23.5 Å². The second-order valence-electron chi connectivity index (χ2n) is 12.2. The van der Waals surface area contributed by atoms with Crippen LogP contribution in [0.3, 0.4) is 0 Å². The van der Waals surface area contributed by atoms with E-state index in [0.717, 1.165) is 37.8 Å². The summed E-state index contributed by atoms with van der Waals surface area (Å²) in [7, 11) is 0. The molecule has 2 fully saturated rings. The van der Waals surface area contributed by atoms with Gasteiger partial charge in [0, 0.05) is 18.8 Å². The van der Waals surface area contributed by atoms with Crippen LogP contribution in [0.4, 0.5) is 0 Å². The summed E-state index contributed by atoms with van der Waals surface area (Å²) >= 11 is 0. The van der Waals surface area contributed by atoms with Crippen molar-refractivity contribution in [3.05, 3.63) is 41.0 Å². The summed E-state index contributed by atoms with van der Waals surface area (Å²) in [6, 6.07) is 1.69. The van der Waals surface area contributed by atoms with Crippen molar-refractivity contribution in [3.8, 4) is 17.2 Å². The molecule has 216 valence electrons. The molecule has 0 aliphatic heterocycles. The van der Waals surface area contributed by atoms with Crippen LogP contribution in [-0.2, 0) is 19.1 Å². The second kappa shape index (κ2) is 10.1. The minimum Gasteiger partial charge on any atom is -0.504 e. The fourth-order valence-electron chi connectivity index (χ4n) is 8.20. The molecular weight excluding hydrogens is 516 g/mol. The maximum absolute atomic E-state index is 12.8. The molecule has 9 heteroatoms. The van der Waals surface area contributed by atoms with E-state index in [2.05, 4.69) is 26.8 Å². The van der Waals surface area contributed by atoms with E-state index in [1.54, 1.807) is 6.92 Å². The normalized spacial score (nSPS) is 34.1. The van der Waals surface area contributed by atoms with Crippen LogP contribution in [0.25, 0.3) is 0 Å². The van der Waals surface area contributed by atoms with Crippen molar-refractivity contribution in [1.29, 1.82) is 0 Å². The topological polar surface area (TPSA) is 158 Å². The molecule has 0 bridgehead atoms. The van der Waals surface area contributed by atoms with E-state index in [1.165, 1.54) is 18.1 Å². The zero-order valence-electron chi connectivity index (χ0n) is 23.6. The minimum absolute atomic E-state index is 0.0160. The van der Waals surface area contributed by atoms with Gasteiger partial charge in [0.25, 0.3) is 0 Å². The maximum Gasteiger partial charge on any atom is 0.335 e. The molecule has 0 radical (unpaired) electrons. The Hall–Kier alpha value is -3.62. The molecule has 0 aromatic heterocycles. The van der Waals surface area contributed by atoms with Gasteiger partial charge in [-0.1, -0.05) is 25.5 Å². The fraction of sp³-hybridized carbons (Fsp3) is 0.548. The summed E-state index contributed by atoms with van der Waals surface area (Å²) in [5.41, 5.74) is 0.864. The highest BCUT2D eigenvalue weighted by Gasteiger charge is 2.67. The standard InChI is InChI=1S/C24H32O4.C7H6O5/c1-14-12-18-19(22(4)9-6-17(27)13-21(14)22)7-10-23(5)20(18)8-11-24(23,15(2)25)28-16(3)26;8-4-1-3(7(11)12)2-5(9)6(4)10/h12-13,18-20H,6-11H2,1-5H3;1-2,8-10H,(H,11,12). The number of Topliss-reactive ketones (excluding diaryl/α,β-unsaturated/α-hetero) is 1. The Morgan fingerprint density at radius 2 is 1.55 bits per heavy atom. The molecule has 0 spiro atoms. The van der Waals surface area contributed by atoms with Crippen molar-refractivity contribution in [1.82, 2.24) is 0 Å². The molecule has 0 saturated heterocycles. The van der Waals surface area contributed by atoms with Crippen LogP contribution in [0.5, 0.6) is 17.2 Å². The predicted octanol–water partition coefficient (Wildman–Crippen LogP) is 5.08. The van der Waals surface area contributed by atoms with E-state index in [4.69, 9.17) is 25.2 Å². The number of rotatable bonds is 3. The first-order chi connectivity index (χ1) is 18.6. The van der Waals surface area contributed by atoms with Crippen LogP contribution in [0, 0.1) is 28.6 Å². The number of carboxylic acid groups (broad SMARTS) is 1. The highest BCUT2D eigenvalue weighted by molar-refractivity contribution is 5.93. The molecule has 9 nitrogen and oxygen atoms in total. The molecule has 40 heavy (non-hydrogen) atoms. The smallest absolute Gasteiger partial charge is 0.335 e. The van der Waals surface area contributed by atoms with Gasteiger partial charge in [0.2, 0.25) is 0 Å². The Morgan fingerprint density at radius 3 is 2.10 bits per heavy atom. The van der Waals surface area contributed by atoms with Gasteiger partial charge < -0.3 is 25.2 Å². The van der Waals surface area contributed by atoms with Crippen LogP contribution < -0.4 is 0 Å². The summed E-state index contributed by atoms with van der Waals surface area (Å²) < 4.78 is 5.82. The van der Waals surface area contributed by atoms with Crippen LogP contribution in [0.2, 0.25) is 0 Å². The van der Waals surface area contributed by atoms with Gasteiger partial charge >= 0.3 is 11.9 Å². The average Bonchev–Trinajstić information content (AvgIpc) is 3.16. The van der Waals surface area contributed by atoms with Gasteiger partial charge in [0.1, 0.15) is 0 Å². The summed E-state index contributed by atoms with van der Waals surface area (Å²) in [6.07, 6.45) is 9.20. The fourth-order valence-corrected chi connectivity index (χ4v) is 8.20. The number of carbonyl (C=O) groups excluding carboxylic acids is 3. The van der Waals surface area contributed by atoms with Gasteiger partial charge in [-0.05, 0) is 92.9 Å². The number of fused-ring (bicyclic) bond motifs is 5. The van der Waals surface area contributed by atoms with Gasteiger partial charge in [0.15, 0.2) is 34.4 Å². The number of ketones is 2. The number of aromatic carboxylic acids is 1. The van der Waals surface area contributed by atoms with Crippen molar-refractivity contribution in [2.75, 3.05) is 0 Å². The number of benzene rings is 1. The van der Waals surface area contributed by atoms with Gasteiger partial charge in [-0.25, -0.2) is 4.79 Å². The van der Waals surface area contributed by atoms with E-state index in [1.807, 2.05) is 6.08 Å². The van der Waals surface area contributed by atoms with Crippen LogP contribution in [-0.4, -0.2) is 49.5 Å². The van der Waals surface area contributed by atoms with Gasteiger partial charge in [-0.3, -0.25) is 14.4 Å². The van der Waals surface area contributed by atoms with Crippen LogP contribution >= 0.6 is 0 Å². The summed E-state index contributed by atoms with van der Waals surface area (Å²) in [5, 5.41) is 35.0. The number of ether oxygens (including phenoxy) is 1. The Balaban J connectivity index is 0.000000259. The molecule has 2 saturated carbocycles. The van der Waals surface area contributed by atoms with E-state index >= 15 is 0 Å². The first-order valence-electron chi connectivity index (χ1n) is 13.7. The molecule has 1 aromatic rings. The molecule has 6 unspecified atom stereocenters. The molecule has 4 aliphatic rings.